The van der Waals surface area contributed by atoms with Crippen molar-refractivity contribution in [1.82, 2.24) is 30.5 Å². The third kappa shape index (κ3) is 5.94. The van der Waals surface area contributed by atoms with Gasteiger partial charge in [0.15, 0.2) is 5.82 Å². The number of fused-ring (bicyclic) bond motifs is 1. The standard InChI is InChI=1S/C33H35FN6/c1-9-22(17-25(10-2)36-21(5)33(6,7)8)20(4)15-26-28(11-3)39-40-31(26)32-37-29-19-35-18-27(30(29)38-32)23-13-12-14-24(34)16-23/h9-19,36,39H,2,4-5H2,1,3,6-8H3,(H,37,38)/b22-9+,25-17+,26-15+,28-11+. The molecule has 204 valence electrons. The molecule has 0 aliphatic carbocycles. The lowest BCUT2D eigenvalue weighted by atomic mass is 9.92. The molecular formula is C33H35FN6. The van der Waals surface area contributed by atoms with Crippen molar-refractivity contribution in [3.63, 3.8) is 0 Å². The van der Waals surface area contributed by atoms with Gasteiger partial charge in [-0.05, 0) is 60.9 Å². The summed E-state index contributed by atoms with van der Waals surface area (Å²) in [6.45, 7) is 22.7. The lowest BCUT2D eigenvalue weighted by Crippen LogP contribution is -2.24. The molecule has 0 fully saturated rings. The Balaban J connectivity index is 1.78. The lowest BCUT2D eigenvalue weighted by molar-refractivity contribution is 0.478. The van der Waals surface area contributed by atoms with Crippen LogP contribution in [0.3, 0.4) is 0 Å². The van der Waals surface area contributed by atoms with Crippen LogP contribution in [-0.2, 0) is 0 Å². The second-order valence-electron chi connectivity index (χ2n) is 10.4. The van der Waals surface area contributed by atoms with Crippen LogP contribution in [0.15, 0.2) is 97.2 Å². The summed E-state index contributed by atoms with van der Waals surface area (Å²) in [5.41, 5.74) is 6.80. The van der Waals surface area contributed by atoms with Crippen molar-refractivity contribution in [2.24, 2.45) is 5.41 Å². The summed E-state index contributed by atoms with van der Waals surface area (Å²) in [4.78, 5) is 12.5. The molecule has 0 aliphatic rings. The summed E-state index contributed by atoms with van der Waals surface area (Å²) in [7, 11) is 0. The molecule has 0 amide bonds. The number of allylic oxidation sites excluding steroid dienone is 6. The van der Waals surface area contributed by atoms with E-state index in [-0.39, 0.29) is 11.2 Å². The maximum absolute atomic E-state index is 13.9. The van der Waals surface area contributed by atoms with Crippen LogP contribution in [0.5, 0.6) is 0 Å². The maximum atomic E-state index is 13.9. The van der Waals surface area contributed by atoms with Gasteiger partial charge in [-0.1, -0.05) is 64.8 Å². The molecular weight excluding hydrogens is 499 g/mol. The van der Waals surface area contributed by atoms with Crippen molar-refractivity contribution in [2.45, 2.75) is 34.6 Å². The van der Waals surface area contributed by atoms with Crippen molar-refractivity contribution in [1.29, 1.82) is 0 Å². The minimum Gasteiger partial charge on any atom is -0.359 e. The molecule has 3 N–H and O–H groups in total. The number of aromatic nitrogens is 5. The Bertz CT molecular complexity index is 1790. The highest BCUT2D eigenvalue weighted by molar-refractivity contribution is 5.92. The first-order chi connectivity index (χ1) is 19.0. The van der Waals surface area contributed by atoms with Gasteiger partial charge in [0.25, 0.3) is 0 Å². The molecule has 7 heteroatoms. The first kappa shape index (κ1) is 28.2. The van der Waals surface area contributed by atoms with E-state index in [1.165, 1.54) is 12.1 Å². The SMILES string of the molecule is C=C/C(=C\C(=C/C)C(=C)/C=c1/c(-c2nc3c(-c4cccc(F)c4)cncc3[nH]2)n[nH]/c1=C/C)NC(=C)C(C)(C)C. The Morgan fingerprint density at radius 1 is 1.12 bits per heavy atom. The molecule has 3 heterocycles. The predicted octanol–water partition coefficient (Wildman–Crippen LogP) is 6.46. The number of aromatic amines is 2. The molecule has 0 bridgehead atoms. The second kappa shape index (κ2) is 11.5. The number of nitrogens with zero attached hydrogens (tertiary/aromatic N) is 3. The monoisotopic (exact) mass is 534 g/mol. The molecule has 40 heavy (non-hydrogen) atoms. The summed E-state index contributed by atoms with van der Waals surface area (Å²) in [6.07, 6.45) is 13.1. The number of H-pyrrole nitrogens is 2. The zero-order valence-corrected chi connectivity index (χ0v) is 23.7. The third-order valence-corrected chi connectivity index (χ3v) is 6.61. The van der Waals surface area contributed by atoms with Crippen LogP contribution < -0.4 is 15.9 Å². The Labute approximate surface area is 234 Å². The maximum Gasteiger partial charge on any atom is 0.159 e. The van der Waals surface area contributed by atoms with Gasteiger partial charge in [0.1, 0.15) is 11.5 Å². The fourth-order valence-corrected chi connectivity index (χ4v) is 4.12. The molecule has 4 aromatic rings. The zero-order chi connectivity index (χ0) is 29.0. The topological polar surface area (TPSA) is 82.3 Å². The third-order valence-electron chi connectivity index (χ3n) is 6.61. The number of hydrogen-bond donors (Lipinski definition) is 3. The van der Waals surface area contributed by atoms with E-state index in [2.05, 4.69) is 66.0 Å². The summed E-state index contributed by atoms with van der Waals surface area (Å²) in [5, 5.41) is 12.7. The number of pyridine rings is 1. The van der Waals surface area contributed by atoms with Gasteiger partial charge in [0.2, 0.25) is 0 Å². The first-order valence-corrected chi connectivity index (χ1v) is 13.0. The molecule has 4 rings (SSSR count). The fourth-order valence-electron chi connectivity index (χ4n) is 4.12. The lowest BCUT2D eigenvalue weighted by Gasteiger charge is -2.24. The van der Waals surface area contributed by atoms with Crippen LogP contribution in [0.4, 0.5) is 4.39 Å². The van der Waals surface area contributed by atoms with E-state index in [4.69, 9.17) is 4.98 Å². The van der Waals surface area contributed by atoms with Gasteiger partial charge in [0.05, 0.1) is 22.6 Å². The van der Waals surface area contributed by atoms with Gasteiger partial charge in [0, 0.05) is 33.8 Å². The Kier molecular flexibility index (Phi) is 8.14. The van der Waals surface area contributed by atoms with Gasteiger partial charge >= 0.3 is 0 Å². The second-order valence-corrected chi connectivity index (χ2v) is 10.4. The van der Waals surface area contributed by atoms with Crippen molar-refractivity contribution in [3.8, 4) is 22.6 Å². The molecule has 0 aliphatic heterocycles. The van der Waals surface area contributed by atoms with Crippen molar-refractivity contribution >= 4 is 23.2 Å². The highest BCUT2D eigenvalue weighted by Crippen LogP contribution is 2.28. The Morgan fingerprint density at radius 3 is 2.55 bits per heavy atom. The normalized spacial score (nSPS) is 13.7. The van der Waals surface area contributed by atoms with Crippen molar-refractivity contribution in [3.05, 3.63) is 114 Å². The summed E-state index contributed by atoms with van der Waals surface area (Å²) in [5.74, 6) is 0.249. The van der Waals surface area contributed by atoms with Gasteiger partial charge in [-0.15, -0.1) is 0 Å². The number of halogens is 1. The molecule has 3 aromatic heterocycles. The molecule has 0 unspecified atom stereocenters. The van der Waals surface area contributed by atoms with E-state index in [9.17, 15) is 4.39 Å². The summed E-state index contributed by atoms with van der Waals surface area (Å²) < 4.78 is 13.9. The molecule has 1 aromatic carbocycles. The molecule has 6 nitrogen and oxygen atoms in total. The molecule has 0 spiro atoms. The molecule has 0 atom stereocenters. The fraction of sp³-hybridized carbons (Fsp3) is 0.182. The van der Waals surface area contributed by atoms with Crippen LogP contribution >= 0.6 is 0 Å². The Morgan fingerprint density at radius 2 is 1.90 bits per heavy atom. The van der Waals surface area contributed by atoms with Gasteiger partial charge in [-0.2, -0.15) is 5.10 Å². The van der Waals surface area contributed by atoms with E-state index in [1.54, 1.807) is 24.5 Å². The minimum absolute atomic E-state index is 0.102. The molecule has 0 saturated carbocycles. The van der Waals surface area contributed by atoms with Crippen LogP contribution in [-0.4, -0.2) is 25.1 Å². The van der Waals surface area contributed by atoms with Gasteiger partial charge in [-0.25, -0.2) is 9.37 Å². The Hall–Kier alpha value is -4.78. The van der Waals surface area contributed by atoms with Crippen molar-refractivity contribution < 1.29 is 4.39 Å². The van der Waals surface area contributed by atoms with E-state index in [0.717, 1.165) is 44.2 Å². The summed E-state index contributed by atoms with van der Waals surface area (Å²) >= 11 is 0. The van der Waals surface area contributed by atoms with E-state index >= 15 is 0 Å². The minimum atomic E-state index is -0.317. The largest absolute Gasteiger partial charge is 0.359 e. The highest BCUT2D eigenvalue weighted by Gasteiger charge is 2.16. The average molecular weight is 535 g/mol. The number of rotatable bonds is 8. The number of nitrogens with one attached hydrogen (secondary N) is 3. The summed E-state index contributed by atoms with van der Waals surface area (Å²) in [6, 6.07) is 6.40. The smallest absolute Gasteiger partial charge is 0.159 e. The van der Waals surface area contributed by atoms with E-state index < -0.39 is 0 Å². The van der Waals surface area contributed by atoms with Crippen molar-refractivity contribution in [2.75, 3.05) is 0 Å². The zero-order valence-electron chi connectivity index (χ0n) is 23.7. The quantitative estimate of drug-likeness (QED) is 0.227. The number of hydrogen-bond acceptors (Lipinski definition) is 4. The molecule has 0 saturated heterocycles. The molecule has 0 radical (unpaired) electrons. The number of imidazole rings is 1. The van der Waals surface area contributed by atoms with Gasteiger partial charge in [-0.3, -0.25) is 10.1 Å². The van der Waals surface area contributed by atoms with E-state index in [0.29, 0.717) is 22.6 Å². The van der Waals surface area contributed by atoms with Crippen LogP contribution in [0.2, 0.25) is 0 Å². The van der Waals surface area contributed by atoms with Crippen LogP contribution in [0, 0.1) is 11.2 Å². The van der Waals surface area contributed by atoms with Crippen LogP contribution in [0.25, 0.3) is 45.8 Å². The highest BCUT2D eigenvalue weighted by atomic mass is 19.1. The van der Waals surface area contributed by atoms with E-state index in [1.807, 2.05) is 44.2 Å². The first-order valence-electron chi connectivity index (χ1n) is 13.0. The number of benzene rings is 1. The van der Waals surface area contributed by atoms with Crippen LogP contribution in [0.1, 0.15) is 34.6 Å². The average Bonchev–Trinajstić information content (AvgIpc) is 3.53. The predicted molar refractivity (Wildman–Crippen MR) is 164 cm³/mol. The van der Waals surface area contributed by atoms with Gasteiger partial charge < -0.3 is 10.3 Å².